The molecule has 0 aromatic rings. The molecule has 0 aromatic heterocycles. The summed E-state index contributed by atoms with van der Waals surface area (Å²) in [6.07, 6.45) is 8.73. The summed E-state index contributed by atoms with van der Waals surface area (Å²) in [5.41, 5.74) is 0.625. The molecule has 0 nitrogen and oxygen atoms in total. The van der Waals surface area contributed by atoms with Crippen LogP contribution in [0.5, 0.6) is 0 Å². The molecule has 0 spiro atoms. The van der Waals surface area contributed by atoms with Crippen molar-refractivity contribution in [3.05, 3.63) is 0 Å². The van der Waals surface area contributed by atoms with Crippen molar-refractivity contribution in [2.24, 2.45) is 11.3 Å². The van der Waals surface area contributed by atoms with Gasteiger partial charge >= 0.3 is 0 Å². The molecular weight excluding hydrogens is 132 g/mol. The Hall–Kier alpha value is 0. The van der Waals surface area contributed by atoms with E-state index in [1.165, 1.54) is 38.5 Å². The maximum atomic E-state index is 2.43. The Labute approximate surface area is 71.4 Å². The largest absolute Gasteiger partial charge is 0.0625 e. The van der Waals surface area contributed by atoms with Crippen molar-refractivity contribution in [1.82, 2.24) is 0 Å². The van der Waals surface area contributed by atoms with E-state index in [2.05, 4.69) is 20.8 Å². The molecule has 0 aliphatic heterocycles. The monoisotopic (exact) mass is 154 g/mol. The lowest BCUT2D eigenvalue weighted by molar-refractivity contribution is 0.220. The highest BCUT2D eigenvalue weighted by atomic mass is 14.3. The average molecular weight is 154 g/mol. The van der Waals surface area contributed by atoms with E-state index in [-0.39, 0.29) is 0 Å². The van der Waals surface area contributed by atoms with Gasteiger partial charge in [0.05, 0.1) is 0 Å². The lowest BCUT2D eigenvalue weighted by atomic mass is 9.76. The summed E-state index contributed by atoms with van der Waals surface area (Å²) < 4.78 is 0. The van der Waals surface area contributed by atoms with Crippen molar-refractivity contribution >= 4 is 0 Å². The molecule has 1 aliphatic rings. The summed E-state index contributed by atoms with van der Waals surface area (Å²) in [6.45, 7) is 7.26. The van der Waals surface area contributed by atoms with Crippen LogP contribution in [-0.4, -0.2) is 0 Å². The van der Waals surface area contributed by atoms with E-state index < -0.39 is 0 Å². The second-order valence-electron chi connectivity index (χ2n) is 5.07. The minimum Gasteiger partial charge on any atom is -0.0625 e. The molecule has 0 heterocycles. The van der Waals surface area contributed by atoms with Gasteiger partial charge in [-0.1, -0.05) is 46.5 Å². The van der Waals surface area contributed by atoms with Crippen LogP contribution in [0.3, 0.4) is 0 Å². The Morgan fingerprint density at radius 2 is 1.82 bits per heavy atom. The highest BCUT2D eigenvalue weighted by Crippen LogP contribution is 2.35. The summed E-state index contributed by atoms with van der Waals surface area (Å²) in [7, 11) is 0. The van der Waals surface area contributed by atoms with Crippen LogP contribution in [0, 0.1) is 11.3 Å². The number of rotatable bonds is 0. The number of hydrogen-bond donors (Lipinski definition) is 0. The highest BCUT2D eigenvalue weighted by molar-refractivity contribution is 4.74. The Morgan fingerprint density at radius 3 is 2.55 bits per heavy atom. The molecule has 0 aromatic carbocycles. The first kappa shape index (κ1) is 9.09. The van der Waals surface area contributed by atoms with Gasteiger partial charge in [0.1, 0.15) is 0 Å². The Morgan fingerprint density at radius 1 is 1.09 bits per heavy atom. The van der Waals surface area contributed by atoms with Crippen LogP contribution in [0.2, 0.25) is 0 Å². The third kappa shape index (κ3) is 3.27. The van der Waals surface area contributed by atoms with Gasteiger partial charge in [0, 0.05) is 0 Å². The maximum Gasteiger partial charge on any atom is -0.0352 e. The molecule has 1 saturated carbocycles. The van der Waals surface area contributed by atoms with Crippen molar-refractivity contribution in [3.63, 3.8) is 0 Å². The van der Waals surface area contributed by atoms with E-state index >= 15 is 0 Å². The summed E-state index contributed by atoms with van der Waals surface area (Å²) >= 11 is 0. The smallest absolute Gasteiger partial charge is 0.0352 e. The van der Waals surface area contributed by atoms with Crippen molar-refractivity contribution in [2.75, 3.05) is 0 Å². The zero-order valence-corrected chi connectivity index (χ0v) is 8.32. The Balaban J connectivity index is 2.42. The summed E-state index contributed by atoms with van der Waals surface area (Å²) in [5, 5.41) is 0. The molecule has 0 amide bonds. The van der Waals surface area contributed by atoms with Crippen molar-refractivity contribution in [3.8, 4) is 0 Å². The lowest BCUT2D eigenvalue weighted by Crippen LogP contribution is -2.17. The van der Waals surface area contributed by atoms with Crippen LogP contribution in [0.15, 0.2) is 0 Å². The second kappa shape index (κ2) is 3.60. The van der Waals surface area contributed by atoms with Crippen LogP contribution in [0.1, 0.15) is 59.3 Å². The van der Waals surface area contributed by atoms with E-state index in [1.54, 1.807) is 0 Å². The highest BCUT2D eigenvalue weighted by Gasteiger charge is 2.22. The summed E-state index contributed by atoms with van der Waals surface area (Å²) in [5.74, 6) is 0.963. The molecule has 11 heavy (non-hydrogen) atoms. The third-order valence-electron chi connectivity index (χ3n) is 2.95. The summed E-state index contributed by atoms with van der Waals surface area (Å²) in [6, 6.07) is 0. The van der Waals surface area contributed by atoms with Crippen LogP contribution in [0.4, 0.5) is 0 Å². The molecule has 1 atom stereocenters. The summed E-state index contributed by atoms with van der Waals surface area (Å²) in [4.78, 5) is 0. The van der Waals surface area contributed by atoms with E-state index in [4.69, 9.17) is 0 Å². The van der Waals surface area contributed by atoms with Gasteiger partial charge in [0.25, 0.3) is 0 Å². The zero-order chi connectivity index (χ0) is 8.32. The fourth-order valence-electron chi connectivity index (χ4n) is 2.42. The SMILES string of the molecule is CC1CCCCCC(C)(C)C1. The molecule has 1 rings (SSSR count). The quantitative estimate of drug-likeness (QED) is 0.494. The first-order chi connectivity index (χ1) is 5.10. The Kier molecular flexibility index (Phi) is 2.98. The number of hydrogen-bond acceptors (Lipinski definition) is 0. The van der Waals surface area contributed by atoms with Gasteiger partial charge in [-0.25, -0.2) is 0 Å². The molecule has 0 radical (unpaired) electrons. The van der Waals surface area contributed by atoms with Crippen LogP contribution in [0.25, 0.3) is 0 Å². The minimum absolute atomic E-state index is 0.625. The normalized spacial score (nSPS) is 32.5. The molecular formula is C11H22. The first-order valence-electron chi connectivity index (χ1n) is 5.10. The van der Waals surface area contributed by atoms with Crippen molar-refractivity contribution in [1.29, 1.82) is 0 Å². The lowest BCUT2D eigenvalue weighted by Gasteiger charge is -2.30. The predicted molar refractivity (Wildman–Crippen MR) is 50.6 cm³/mol. The van der Waals surface area contributed by atoms with Crippen molar-refractivity contribution in [2.45, 2.75) is 59.3 Å². The van der Waals surface area contributed by atoms with Crippen LogP contribution < -0.4 is 0 Å². The fraction of sp³-hybridized carbons (Fsp3) is 1.00. The second-order valence-corrected chi connectivity index (χ2v) is 5.07. The van der Waals surface area contributed by atoms with E-state index in [1.807, 2.05) is 0 Å². The van der Waals surface area contributed by atoms with Gasteiger partial charge in [-0.15, -0.1) is 0 Å². The predicted octanol–water partition coefficient (Wildman–Crippen LogP) is 4.00. The van der Waals surface area contributed by atoms with Gasteiger partial charge in [-0.3, -0.25) is 0 Å². The third-order valence-corrected chi connectivity index (χ3v) is 2.95. The minimum atomic E-state index is 0.625. The molecule has 1 fully saturated rings. The van der Waals surface area contributed by atoms with Gasteiger partial charge in [-0.2, -0.15) is 0 Å². The molecule has 0 heteroatoms. The maximum absolute atomic E-state index is 2.43. The molecule has 1 unspecified atom stereocenters. The fourth-order valence-corrected chi connectivity index (χ4v) is 2.42. The van der Waals surface area contributed by atoms with Crippen molar-refractivity contribution < 1.29 is 0 Å². The molecule has 1 aliphatic carbocycles. The van der Waals surface area contributed by atoms with E-state index in [0.29, 0.717) is 5.41 Å². The first-order valence-corrected chi connectivity index (χ1v) is 5.10. The van der Waals surface area contributed by atoms with Gasteiger partial charge in [0.15, 0.2) is 0 Å². The topological polar surface area (TPSA) is 0 Å². The van der Waals surface area contributed by atoms with Crippen LogP contribution in [-0.2, 0) is 0 Å². The zero-order valence-electron chi connectivity index (χ0n) is 8.32. The van der Waals surface area contributed by atoms with E-state index in [9.17, 15) is 0 Å². The van der Waals surface area contributed by atoms with Gasteiger partial charge in [0.2, 0.25) is 0 Å². The molecule has 0 bridgehead atoms. The molecule has 0 saturated heterocycles. The standard InChI is InChI=1S/C11H22/c1-10-7-5-4-6-8-11(2,3)9-10/h10H,4-9H2,1-3H3. The Bertz CT molecular complexity index is 113. The molecule has 0 N–H and O–H groups in total. The van der Waals surface area contributed by atoms with E-state index in [0.717, 1.165) is 5.92 Å². The van der Waals surface area contributed by atoms with Crippen LogP contribution >= 0.6 is 0 Å². The molecule has 66 valence electrons. The average Bonchev–Trinajstić information content (AvgIpc) is 1.82. The van der Waals surface area contributed by atoms with Gasteiger partial charge in [-0.05, 0) is 24.2 Å². The van der Waals surface area contributed by atoms with Gasteiger partial charge < -0.3 is 0 Å².